The summed E-state index contributed by atoms with van der Waals surface area (Å²) in [6, 6.07) is -0.936. The van der Waals surface area contributed by atoms with Gasteiger partial charge in [-0.2, -0.15) is 0 Å². The van der Waals surface area contributed by atoms with Gasteiger partial charge in [-0.3, -0.25) is 10.2 Å². The van der Waals surface area contributed by atoms with Gasteiger partial charge in [-0.1, -0.05) is 0 Å². The summed E-state index contributed by atoms with van der Waals surface area (Å²) < 4.78 is 10.8. The van der Waals surface area contributed by atoms with Crippen LogP contribution in [-0.4, -0.2) is 35.3 Å². The van der Waals surface area contributed by atoms with Crippen molar-refractivity contribution < 1.29 is 19.1 Å². The zero-order valence-corrected chi connectivity index (χ0v) is 13.4. The summed E-state index contributed by atoms with van der Waals surface area (Å²) in [7, 11) is 0. The molecule has 0 aromatic carbocycles. The van der Waals surface area contributed by atoms with Crippen molar-refractivity contribution in [1.29, 1.82) is 0 Å². The van der Waals surface area contributed by atoms with Gasteiger partial charge in [-0.25, -0.2) is 10.6 Å². The zero-order chi connectivity index (χ0) is 16.1. The summed E-state index contributed by atoms with van der Waals surface area (Å²) >= 11 is 0. The van der Waals surface area contributed by atoms with Crippen molar-refractivity contribution in [3.05, 3.63) is 0 Å². The Morgan fingerprint density at radius 1 is 1.05 bits per heavy atom. The highest BCUT2D eigenvalue weighted by molar-refractivity contribution is 5.85. The molecule has 2 atom stereocenters. The molecule has 0 aliphatic heterocycles. The van der Waals surface area contributed by atoms with Crippen molar-refractivity contribution in [3.8, 4) is 0 Å². The van der Waals surface area contributed by atoms with Crippen LogP contribution in [0.4, 0.5) is 4.79 Å². The fourth-order valence-corrected chi connectivity index (χ4v) is 1.55. The minimum absolute atomic E-state index is 0.456. The highest BCUT2D eigenvalue weighted by Crippen LogP contribution is 2.14. The standard InChI is InChI=1S/C13H27N3O4/c1-8(19-12(2,3)4)9(10(17)16-14)15-11(18)20-13(5,6)7/h8-9H,14H2,1-7H3,(H,15,18)(H,16,17)/t8-,9-/m0/s1. The largest absolute Gasteiger partial charge is 0.444 e. The normalized spacial score (nSPS) is 15.2. The quantitative estimate of drug-likeness (QED) is 0.408. The predicted octanol–water partition coefficient (Wildman–Crippen LogP) is 1.07. The number of carbonyl (C=O) groups excluding carboxylic acids is 2. The van der Waals surface area contributed by atoms with Crippen LogP contribution in [0.5, 0.6) is 0 Å². The summed E-state index contributed by atoms with van der Waals surface area (Å²) in [5.41, 5.74) is 0.904. The Morgan fingerprint density at radius 2 is 1.55 bits per heavy atom. The van der Waals surface area contributed by atoms with Gasteiger partial charge in [0.15, 0.2) is 0 Å². The van der Waals surface area contributed by atoms with Crippen LogP contribution in [0.2, 0.25) is 0 Å². The molecule has 0 rings (SSSR count). The van der Waals surface area contributed by atoms with Crippen LogP contribution < -0.4 is 16.6 Å². The van der Waals surface area contributed by atoms with Gasteiger partial charge in [-0.15, -0.1) is 0 Å². The monoisotopic (exact) mass is 289 g/mol. The van der Waals surface area contributed by atoms with Crippen LogP contribution in [-0.2, 0) is 14.3 Å². The number of nitrogens with one attached hydrogen (secondary N) is 2. The third kappa shape index (κ3) is 7.96. The average Bonchev–Trinajstić information content (AvgIpc) is 2.19. The van der Waals surface area contributed by atoms with E-state index in [4.69, 9.17) is 15.3 Å². The molecule has 0 heterocycles. The van der Waals surface area contributed by atoms with Gasteiger partial charge >= 0.3 is 6.09 Å². The number of hydrazine groups is 1. The van der Waals surface area contributed by atoms with Crippen molar-refractivity contribution in [2.24, 2.45) is 5.84 Å². The summed E-state index contributed by atoms with van der Waals surface area (Å²) in [5.74, 6) is 4.58. The van der Waals surface area contributed by atoms with Gasteiger partial charge in [0.05, 0.1) is 11.7 Å². The molecule has 0 bridgehead atoms. The van der Waals surface area contributed by atoms with E-state index in [0.29, 0.717) is 0 Å². The number of amides is 2. The van der Waals surface area contributed by atoms with E-state index in [2.05, 4.69) is 5.32 Å². The number of hydrogen-bond donors (Lipinski definition) is 3. The highest BCUT2D eigenvalue weighted by Gasteiger charge is 2.31. The lowest BCUT2D eigenvalue weighted by atomic mass is 10.1. The SMILES string of the molecule is C[C@H](OC(C)(C)C)[C@H](NC(=O)OC(C)(C)C)C(=O)NN. The fraction of sp³-hybridized carbons (Fsp3) is 0.846. The molecule has 0 unspecified atom stereocenters. The fourth-order valence-electron chi connectivity index (χ4n) is 1.55. The molecule has 0 aromatic rings. The first-order valence-electron chi connectivity index (χ1n) is 6.53. The van der Waals surface area contributed by atoms with Crippen LogP contribution in [0.25, 0.3) is 0 Å². The molecule has 0 spiro atoms. The molecule has 0 saturated heterocycles. The number of carbonyl (C=O) groups is 2. The molecular formula is C13H27N3O4. The zero-order valence-electron chi connectivity index (χ0n) is 13.4. The van der Waals surface area contributed by atoms with Gasteiger partial charge in [0.2, 0.25) is 0 Å². The molecule has 2 amide bonds. The topological polar surface area (TPSA) is 103 Å². The summed E-state index contributed by atoms with van der Waals surface area (Å²) in [4.78, 5) is 23.5. The maximum Gasteiger partial charge on any atom is 0.408 e. The molecule has 0 saturated carbocycles. The van der Waals surface area contributed by atoms with E-state index in [1.54, 1.807) is 27.7 Å². The van der Waals surface area contributed by atoms with E-state index < -0.39 is 35.3 Å². The van der Waals surface area contributed by atoms with Crippen LogP contribution in [0, 0.1) is 0 Å². The van der Waals surface area contributed by atoms with Crippen molar-refractivity contribution in [3.63, 3.8) is 0 Å². The van der Waals surface area contributed by atoms with E-state index in [0.717, 1.165) is 0 Å². The van der Waals surface area contributed by atoms with Gasteiger partial charge in [0.25, 0.3) is 5.91 Å². The second kappa shape index (κ2) is 6.90. The Hall–Kier alpha value is -1.34. The minimum atomic E-state index is -0.936. The predicted molar refractivity (Wildman–Crippen MR) is 75.8 cm³/mol. The first-order valence-corrected chi connectivity index (χ1v) is 6.53. The molecule has 7 heteroatoms. The smallest absolute Gasteiger partial charge is 0.408 e. The third-order valence-electron chi connectivity index (χ3n) is 2.11. The molecule has 0 radical (unpaired) electrons. The average molecular weight is 289 g/mol. The Balaban J connectivity index is 4.82. The van der Waals surface area contributed by atoms with Gasteiger partial charge in [0.1, 0.15) is 11.6 Å². The lowest BCUT2D eigenvalue weighted by Crippen LogP contribution is -2.56. The van der Waals surface area contributed by atoms with Gasteiger partial charge in [-0.05, 0) is 48.5 Å². The summed E-state index contributed by atoms with van der Waals surface area (Å²) in [6.45, 7) is 12.5. The number of rotatable bonds is 4. The molecule has 0 aliphatic carbocycles. The highest BCUT2D eigenvalue weighted by atomic mass is 16.6. The second-order valence-electron chi connectivity index (χ2n) is 6.57. The van der Waals surface area contributed by atoms with E-state index in [1.807, 2.05) is 26.2 Å². The number of nitrogens with two attached hydrogens (primary N) is 1. The summed E-state index contributed by atoms with van der Waals surface area (Å²) in [6.07, 6.45) is -1.26. The first-order chi connectivity index (χ1) is 8.85. The lowest BCUT2D eigenvalue weighted by Gasteiger charge is -2.31. The van der Waals surface area contributed by atoms with Crippen LogP contribution in [0.15, 0.2) is 0 Å². The molecule has 0 aliphatic rings. The van der Waals surface area contributed by atoms with E-state index >= 15 is 0 Å². The van der Waals surface area contributed by atoms with Crippen LogP contribution in [0.3, 0.4) is 0 Å². The van der Waals surface area contributed by atoms with Gasteiger partial charge < -0.3 is 14.8 Å². The van der Waals surface area contributed by atoms with Gasteiger partial charge in [0, 0.05) is 0 Å². The Kier molecular flexibility index (Phi) is 6.43. The lowest BCUT2D eigenvalue weighted by molar-refractivity contribution is -0.131. The molecule has 118 valence electrons. The van der Waals surface area contributed by atoms with E-state index in [9.17, 15) is 9.59 Å². The van der Waals surface area contributed by atoms with Crippen LogP contribution >= 0.6 is 0 Å². The number of hydrogen-bond acceptors (Lipinski definition) is 5. The Bertz CT molecular complexity index is 345. The maximum absolute atomic E-state index is 11.8. The molecule has 0 aromatic heterocycles. The molecule has 20 heavy (non-hydrogen) atoms. The van der Waals surface area contributed by atoms with Crippen LogP contribution in [0.1, 0.15) is 48.5 Å². The van der Waals surface area contributed by atoms with Crippen molar-refractivity contribution >= 4 is 12.0 Å². The number of ether oxygens (including phenoxy) is 2. The molecular weight excluding hydrogens is 262 g/mol. The summed E-state index contributed by atoms with van der Waals surface area (Å²) in [5, 5.41) is 2.47. The van der Waals surface area contributed by atoms with E-state index in [1.165, 1.54) is 0 Å². The second-order valence-corrected chi connectivity index (χ2v) is 6.57. The van der Waals surface area contributed by atoms with E-state index in [-0.39, 0.29) is 0 Å². The molecule has 7 nitrogen and oxygen atoms in total. The Morgan fingerprint density at radius 3 is 1.90 bits per heavy atom. The third-order valence-corrected chi connectivity index (χ3v) is 2.11. The first kappa shape index (κ1) is 18.7. The number of alkyl carbamates (subject to hydrolysis) is 1. The van der Waals surface area contributed by atoms with Crippen molar-refractivity contribution in [1.82, 2.24) is 10.7 Å². The molecule has 4 N–H and O–H groups in total. The van der Waals surface area contributed by atoms with Crippen molar-refractivity contribution in [2.45, 2.75) is 71.8 Å². The Labute approximate surface area is 120 Å². The minimum Gasteiger partial charge on any atom is -0.444 e. The maximum atomic E-state index is 11.8. The molecule has 0 fully saturated rings. The van der Waals surface area contributed by atoms with Crippen molar-refractivity contribution in [2.75, 3.05) is 0 Å².